The summed E-state index contributed by atoms with van der Waals surface area (Å²) in [6.07, 6.45) is 17.1. The van der Waals surface area contributed by atoms with Crippen LogP contribution in [0.2, 0.25) is 0 Å². The van der Waals surface area contributed by atoms with E-state index >= 15 is 0 Å². The Morgan fingerprint density at radius 3 is 1.60 bits per heavy atom. The fourth-order valence-electron chi connectivity index (χ4n) is 7.34. The van der Waals surface area contributed by atoms with Crippen molar-refractivity contribution in [1.29, 1.82) is 0 Å². The number of halogens is 1. The van der Waals surface area contributed by atoms with Crippen LogP contribution in [-0.4, -0.2) is 11.3 Å². The van der Waals surface area contributed by atoms with Gasteiger partial charge in [0.2, 0.25) is 0 Å². The van der Waals surface area contributed by atoms with Crippen molar-refractivity contribution in [3.8, 4) is 11.1 Å². The van der Waals surface area contributed by atoms with E-state index in [2.05, 4.69) is 118 Å². The van der Waals surface area contributed by atoms with Crippen molar-refractivity contribution in [2.45, 2.75) is 141 Å². The number of hydrogen-bond acceptors (Lipinski definition) is 0. The topological polar surface area (TPSA) is 0 Å². The molecule has 0 bridgehead atoms. The molecular weight excluding hydrogens is 677 g/mol. The van der Waals surface area contributed by atoms with Gasteiger partial charge in [0.05, 0.1) is 0 Å². The Bertz CT molecular complexity index is 1220. The molecule has 0 heterocycles. The molecule has 2 fully saturated rings. The van der Waals surface area contributed by atoms with Gasteiger partial charge in [-0.25, -0.2) is 0 Å². The first-order chi connectivity index (χ1) is 21.8. The summed E-state index contributed by atoms with van der Waals surface area (Å²) in [7, 11) is 4.37. The molecule has 3 aromatic rings. The monoisotopic (exact) mass is 734 g/mol. The first kappa shape index (κ1) is 38.2. The van der Waals surface area contributed by atoms with Crippen molar-refractivity contribution < 1.29 is 18.2 Å². The van der Waals surface area contributed by atoms with Gasteiger partial charge in [0.25, 0.3) is 0 Å². The molecule has 0 saturated heterocycles. The number of benzene rings is 3. The van der Waals surface area contributed by atoms with Gasteiger partial charge < -0.3 is 6.58 Å². The number of hydrogen-bond donors (Lipinski definition) is 0. The van der Waals surface area contributed by atoms with E-state index in [1.165, 1.54) is 75.3 Å². The van der Waals surface area contributed by atoms with Gasteiger partial charge in [-0.05, 0) is 99.9 Å². The molecule has 0 unspecified atom stereocenters. The Morgan fingerprint density at radius 1 is 0.689 bits per heavy atom. The molecule has 0 spiro atoms. The molecule has 3 aromatic carbocycles. The van der Waals surface area contributed by atoms with E-state index in [1.807, 2.05) is 18.2 Å². The molecule has 248 valence electrons. The third kappa shape index (κ3) is 10.9. The van der Waals surface area contributed by atoms with Crippen LogP contribution in [0.15, 0.2) is 72.8 Å². The predicted octanol–water partition coefficient (Wildman–Crippen LogP) is 13.4. The molecule has 0 N–H and O–H groups in total. The van der Waals surface area contributed by atoms with Crippen LogP contribution in [0.1, 0.15) is 146 Å². The molecule has 0 nitrogen and oxygen atoms in total. The van der Waals surface area contributed by atoms with Gasteiger partial charge in [0.1, 0.15) is 0 Å². The molecule has 45 heavy (non-hydrogen) atoms. The van der Waals surface area contributed by atoms with Crippen molar-refractivity contribution in [3.63, 3.8) is 0 Å². The van der Waals surface area contributed by atoms with Gasteiger partial charge in [-0.15, -0.1) is 0 Å². The average molecular weight is 736 g/mol. The van der Waals surface area contributed by atoms with Gasteiger partial charge >= 0.3 is 27.7 Å². The van der Waals surface area contributed by atoms with E-state index < -0.39 is 0 Å². The second kappa shape index (κ2) is 20.2. The van der Waals surface area contributed by atoms with Gasteiger partial charge in [-0.3, -0.25) is 6.08 Å². The summed E-state index contributed by atoms with van der Waals surface area (Å²) in [5.41, 5.74) is 11.0. The molecular formula is C42H58ClPPd. The van der Waals surface area contributed by atoms with E-state index in [0.29, 0.717) is 17.8 Å². The minimum atomic E-state index is -0.120. The third-order valence-electron chi connectivity index (χ3n) is 9.72. The van der Waals surface area contributed by atoms with Gasteiger partial charge in [0.15, 0.2) is 0 Å². The van der Waals surface area contributed by atoms with Crippen LogP contribution in [-0.2, 0) is 24.6 Å². The molecule has 2 aliphatic rings. The zero-order valence-electron chi connectivity index (χ0n) is 28.8. The Morgan fingerprint density at radius 2 is 1.16 bits per heavy atom. The standard InChI is InChI=1S/C33H49P.C9H9.ClH.Pd/c1-23(2)26-21-30(24(3)4)33(31(22-26)25(5)6)29-19-13-14-20-32(29)34(27-15-9-7-10-16-27)28-17-11-8-12-18-28;1-2-6-9-7-4-3-5-8-9;;/h13-14,19-25,27-28H,7-12,15-18H2,1-6H3;1-5,7-8H,6H2;1H;/q;-1;;+2/p-1. The Balaban J connectivity index is 0.000000427. The zero-order chi connectivity index (χ0) is 32.8. The zero-order valence-corrected chi connectivity index (χ0v) is 32.0. The van der Waals surface area contributed by atoms with Crippen molar-refractivity contribution in [3.05, 3.63) is 102 Å². The van der Waals surface area contributed by atoms with Crippen molar-refractivity contribution in [2.24, 2.45) is 0 Å². The van der Waals surface area contributed by atoms with E-state index in [0.717, 1.165) is 17.7 Å². The third-order valence-corrected chi connectivity index (χ3v) is 13.3. The molecule has 0 aliphatic heterocycles. The van der Waals surface area contributed by atoms with Crippen LogP contribution in [0.4, 0.5) is 0 Å². The van der Waals surface area contributed by atoms with Crippen LogP contribution in [0.3, 0.4) is 0 Å². The second-order valence-corrected chi connectivity index (χ2v) is 16.7. The molecule has 0 atom stereocenters. The van der Waals surface area contributed by atoms with Crippen molar-refractivity contribution in [2.75, 3.05) is 0 Å². The summed E-state index contributed by atoms with van der Waals surface area (Å²) in [4.78, 5) is 0. The first-order valence-electron chi connectivity index (χ1n) is 17.6. The van der Waals surface area contributed by atoms with Crippen LogP contribution in [0, 0.1) is 6.58 Å². The molecule has 3 heteroatoms. The Kier molecular flexibility index (Phi) is 17.2. The molecule has 0 radical (unpaired) electrons. The SMILES string of the molecule is CC(C)c1cc(C(C)C)c(-c2ccccc2P(C2CCCCC2)C2CCCCC2)c(C(C)C)c1.[CH-]=CCc1ccccc1.[Cl][Pd+]. The van der Waals surface area contributed by atoms with E-state index in [1.54, 1.807) is 33.6 Å². The maximum absolute atomic E-state index is 5.24. The fourth-order valence-corrected chi connectivity index (χ4v) is 11.3. The molecule has 0 amide bonds. The molecule has 5 rings (SSSR count). The van der Waals surface area contributed by atoms with Crippen LogP contribution >= 0.6 is 17.5 Å². The summed E-state index contributed by atoms with van der Waals surface area (Å²) < 4.78 is 0. The van der Waals surface area contributed by atoms with Crippen molar-refractivity contribution >= 4 is 22.8 Å². The van der Waals surface area contributed by atoms with Crippen LogP contribution in [0.25, 0.3) is 11.1 Å². The van der Waals surface area contributed by atoms with Gasteiger partial charge in [-0.1, -0.05) is 155 Å². The molecule has 2 aliphatic carbocycles. The summed E-state index contributed by atoms with van der Waals surface area (Å²) >= 11 is 2.22. The number of rotatable bonds is 9. The minimum absolute atomic E-state index is 0.120. The predicted molar refractivity (Wildman–Crippen MR) is 199 cm³/mol. The van der Waals surface area contributed by atoms with E-state index in [9.17, 15) is 0 Å². The van der Waals surface area contributed by atoms with Gasteiger partial charge in [-0.2, -0.15) is 0 Å². The summed E-state index contributed by atoms with van der Waals surface area (Å²) in [6, 6.07) is 25.0. The normalized spacial score (nSPS) is 15.9. The summed E-state index contributed by atoms with van der Waals surface area (Å²) in [5.74, 6) is 1.64. The Labute approximate surface area is 293 Å². The summed E-state index contributed by atoms with van der Waals surface area (Å²) in [5, 5.41) is 1.75. The summed E-state index contributed by atoms with van der Waals surface area (Å²) in [6.45, 7) is 19.5. The first-order valence-corrected chi connectivity index (χ1v) is 21.0. The van der Waals surface area contributed by atoms with Crippen molar-refractivity contribution in [1.82, 2.24) is 0 Å². The molecule has 0 aromatic heterocycles. The average Bonchev–Trinajstić information content (AvgIpc) is 3.07. The molecule has 2 saturated carbocycles. The van der Waals surface area contributed by atoms with E-state index in [4.69, 9.17) is 6.58 Å². The maximum atomic E-state index is 5.24. The fraction of sp³-hybridized carbons (Fsp3) is 0.524. The second-order valence-electron chi connectivity index (χ2n) is 14.0. The van der Waals surface area contributed by atoms with Crippen LogP contribution in [0.5, 0.6) is 0 Å². The number of allylic oxidation sites excluding steroid dienone is 1. The Hall–Kier alpha value is -1.22. The quantitative estimate of drug-likeness (QED) is 0.117. The van der Waals surface area contributed by atoms with Crippen LogP contribution < -0.4 is 5.30 Å². The van der Waals surface area contributed by atoms with Gasteiger partial charge in [0, 0.05) is 0 Å². The van der Waals surface area contributed by atoms with E-state index in [-0.39, 0.29) is 7.92 Å².